The van der Waals surface area contributed by atoms with Gasteiger partial charge in [0.2, 0.25) is 0 Å². The smallest absolute Gasteiger partial charge is 0.175 e. The minimum atomic E-state index is 0.532. The number of anilines is 1. The fourth-order valence-corrected chi connectivity index (χ4v) is 2.98. The molecular weight excluding hydrogens is 377 g/mol. The van der Waals surface area contributed by atoms with E-state index < -0.39 is 0 Å². The maximum atomic E-state index is 6.00. The monoisotopic (exact) mass is 387 g/mol. The van der Waals surface area contributed by atoms with E-state index in [-0.39, 0.29) is 0 Å². The van der Waals surface area contributed by atoms with Crippen LogP contribution in [0.15, 0.2) is 34.8 Å². The number of nitrogens with one attached hydrogen (secondary N) is 1. The third kappa shape index (κ3) is 3.39. The van der Waals surface area contributed by atoms with E-state index in [9.17, 15) is 0 Å². The van der Waals surface area contributed by atoms with E-state index in [1.165, 1.54) is 0 Å². The van der Waals surface area contributed by atoms with Gasteiger partial charge in [0.05, 0.1) is 14.5 Å². The number of benzene rings is 2. The second kappa shape index (κ2) is 6.34. The summed E-state index contributed by atoms with van der Waals surface area (Å²) in [6.45, 7) is 1.79. The van der Waals surface area contributed by atoms with Crippen molar-refractivity contribution >= 4 is 44.8 Å². The van der Waals surface area contributed by atoms with Crippen LogP contribution in [0, 0.1) is 0 Å². The van der Waals surface area contributed by atoms with E-state index in [1.807, 2.05) is 18.2 Å². The quantitative estimate of drug-likeness (QED) is 0.789. The highest BCUT2D eigenvalue weighted by Crippen LogP contribution is 2.38. The molecule has 1 aliphatic heterocycles. The van der Waals surface area contributed by atoms with Gasteiger partial charge in [-0.05, 0) is 51.8 Å². The summed E-state index contributed by atoms with van der Waals surface area (Å²) in [4.78, 5) is 0. The van der Waals surface area contributed by atoms with E-state index in [2.05, 4.69) is 21.2 Å². The van der Waals surface area contributed by atoms with Crippen LogP contribution in [0.1, 0.15) is 5.56 Å². The normalized spacial score (nSPS) is 13.1. The second-order valence-corrected chi connectivity index (χ2v) is 6.25. The van der Waals surface area contributed by atoms with Crippen molar-refractivity contribution in [2.75, 3.05) is 18.5 Å². The van der Waals surface area contributed by atoms with Crippen molar-refractivity contribution in [1.82, 2.24) is 0 Å². The molecule has 0 atom stereocenters. The Hall–Kier alpha value is -1.10. The lowest BCUT2D eigenvalue weighted by Crippen LogP contribution is -2.16. The van der Waals surface area contributed by atoms with Crippen LogP contribution in [0.2, 0.25) is 10.0 Å². The first-order valence-electron chi connectivity index (χ1n) is 6.40. The Bertz CT molecular complexity index is 679. The lowest BCUT2D eigenvalue weighted by molar-refractivity contribution is 0.170. The number of hydrogen-bond acceptors (Lipinski definition) is 3. The van der Waals surface area contributed by atoms with Gasteiger partial charge in [-0.15, -0.1) is 0 Å². The molecule has 0 bridgehead atoms. The van der Waals surface area contributed by atoms with Crippen LogP contribution >= 0.6 is 39.1 Å². The van der Waals surface area contributed by atoms with Crippen LogP contribution < -0.4 is 14.8 Å². The van der Waals surface area contributed by atoms with Gasteiger partial charge in [-0.2, -0.15) is 0 Å². The maximum Gasteiger partial charge on any atom is 0.175 e. The van der Waals surface area contributed by atoms with Gasteiger partial charge in [-0.3, -0.25) is 0 Å². The lowest BCUT2D eigenvalue weighted by Gasteiger charge is -2.20. The molecule has 110 valence electrons. The Morgan fingerprint density at radius 3 is 2.67 bits per heavy atom. The predicted molar refractivity (Wildman–Crippen MR) is 88.9 cm³/mol. The first-order chi connectivity index (χ1) is 10.1. The van der Waals surface area contributed by atoms with Gasteiger partial charge in [0.25, 0.3) is 0 Å². The molecule has 0 radical (unpaired) electrons. The molecule has 0 amide bonds. The molecule has 0 fully saturated rings. The van der Waals surface area contributed by atoms with Crippen molar-refractivity contribution in [3.05, 3.63) is 50.4 Å². The number of halogens is 3. The molecule has 2 aromatic carbocycles. The van der Waals surface area contributed by atoms with Crippen LogP contribution in [-0.2, 0) is 6.54 Å². The Morgan fingerprint density at radius 2 is 1.86 bits per heavy atom. The highest BCUT2D eigenvalue weighted by molar-refractivity contribution is 9.10. The summed E-state index contributed by atoms with van der Waals surface area (Å²) in [5, 5.41) is 4.38. The predicted octanol–water partition coefficient (Wildman–Crippen LogP) is 5.14. The van der Waals surface area contributed by atoms with Gasteiger partial charge in [0, 0.05) is 12.2 Å². The molecular formula is C15H12BrCl2NO2. The standard InChI is InChI=1S/C15H12BrCl2NO2/c16-11-5-9(6-14-15(11)21-4-3-20-14)8-19-10-1-2-12(17)13(18)7-10/h1-2,5-7,19H,3-4,8H2. The Balaban J connectivity index is 1.76. The number of hydrogen-bond donors (Lipinski definition) is 1. The van der Waals surface area contributed by atoms with Crippen molar-refractivity contribution < 1.29 is 9.47 Å². The topological polar surface area (TPSA) is 30.5 Å². The van der Waals surface area contributed by atoms with E-state index >= 15 is 0 Å². The van der Waals surface area contributed by atoms with Crippen molar-refractivity contribution in [3.63, 3.8) is 0 Å². The van der Waals surface area contributed by atoms with E-state index in [0.29, 0.717) is 29.8 Å². The zero-order valence-corrected chi connectivity index (χ0v) is 14.1. The van der Waals surface area contributed by atoms with Crippen LogP contribution in [0.4, 0.5) is 5.69 Å². The lowest BCUT2D eigenvalue weighted by atomic mass is 10.2. The molecule has 0 aromatic heterocycles. The van der Waals surface area contributed by atoms with Gasteiger partial charge >= 0.3 is 0 Å². The van der Waals surface area contributed by atoms with Gasteiger partial charge < -0.3 is 14.8 Å². The van der Waals surface area contributed by atoms with Crippen LogP contribution in [0.3, 0.4) is 0 Å². The van der Waals surface area contributed by atoms with Gasteiger partial charge in [-0.1, -0.05) is 23.2 Å². The second-order valence-electron chi connectivity index (χ2n) is 4.58. The molecule has 0 saturated carbocycles. The molecule has 6 heteroatoms. The average molecular weight is 389 g/mol. The minimum absolute atomic E-state index is 0.532. The third-order valence-corrected chi connectivity index (χ3v) is 4.40. The SMILES string of the molecule is Clc1ccc(NCc2cc(Br)c3c(c2)OCCO3)cc1Cl. The molecule has 1 heterocycles. The molecule has 0 unspecified atom stereocenters. The third-order valence-electron chi connectivity index (χ3n) is 3.07. The zero-order valence-electron chi connectivity index (χ0n) is 11.0. The molecule has 0 aliphatic carbocycles. The summed E-state index contributed by atoms with van der Waals surface area (Å²) in [7, 11) is 0. The van der Waals surface area contributed by atoms with Crippen molar-refractivity contribution in [3.8, 4) is 11.5 Å². The molecule has 3 nitrogen and oxygen atoms in total. The van der Waals surface area contributed by atoms with Gasteiger partial charge in [-0.25, -0.2) is 0 Å². The number of ether oxygens (including phenoxy) is 2. The highest BCUT2D eigenvalue weighted by Gasteiger charge is 2.16. The number of fused-ring (bicyclic) bond motifs is 1. The number of rotatable bonds is 3. The Morgan fingerprint density at radius 1 is 1.05 bits per heavy atom. The Kier molecular flexibility index (Phi) is 4.48. The fraction of sp³-hybridized carbons (Fsp3) is 0.200. The molecule has 21 heavy (non-hydrogen) atoms. The van der Waals surface area contributed by atoms with E-state index in [0.717, 1.165) is 27.2 Å². The van der Waals surface area contributed by atoms with E-state index in [4.69, 9.17) is 32.7 Å². The summed E-state index contributed by atoms with van der Waals surface area (Å²) in [5.74, 6) is 1.53. The fourth-order valence-electron chi connectivity index (χ4n) is 2.08. The van der Waals surface area contributed by atoms with Crippen molar-refractivity contribution in [2.45, 2.75) is 6.54 Å². The summed E-state index contributed by atoms with van der Waals surface area (Å²) in [6, 6.07) is 9.45. The van der Waals surface area contributed by atoms with Crippen LogP contribution in [0.5, 0.6) is 11.5 Å². The molecule has 1 aliphatic rings. The molecule has 0 saturated heterocycles. The van der Waals surface area contributed by atoms with Crippen LogP contribution in [0.25, 0.3) is 0 Å². The largest absolute Gasteiger partial charge is 0.486 e. The molecule has 2 aromatic rings. The first kappa shape index (κ1) is 14.8. The van der Waals surface area contributed by atoms with Crippen molar-refractivity contribution in [2.24, 2.45) is 0 Å². The van der Waals surface area contributed by atoms with Crippen molar-refractivity contribution in [1.29, 1.82) is 0 Å². The van der Waals surface area contributed by atoms with Gasteiger partial charge in [0.15, 0.2) is 11.5 Å². The summed E-state index contributed by atoms with van der Waals surface area (Å²) < 4.78 is 12.1. The first-order valence-corrected chi connectivity index (χ1v) is 7.95. The zero-order chi connectivity index (χ0) is 14.8. The molecule has 3 rings (SSSR count). The van der Waals surface area contributed by atoms with E-state index in [1.54, 1.807) is 12.1 Å². The molecule has 0 spiro atoms. The Labute approximate surface area is 141 Å². The van der Waals surface area contributed by atoms with Gasteiger partial charge in [0.1, 0.15) is 13.2 Å². The summed E-state index contributed by atoms with van der Waals surface area (Å²) >= 11 is 15.4. The van der Waals surface area contributed by atoms with Crippen LogP contribution in [-0.4, -0.2) is 13.2 Å². The summed E-state index contributed by atoms with van der Waals surface area (Å²) in [6.07, 6.45) is 0. The maximum absolute atomic E-state index is 6.00. The minimum Gasteiger partial charge on any atom is -0.486 e. The highest BCUT2D eigenvalue weighted by atomic mass is 79.9. The molecule has 1 N–H and O–H groups in total. The summed E-state index contributed by atoms with van der Waals surface area (Å²) in [5.41, 5.74) is 1.99. The average Bonchev–Trinajstić information content (AvgIpc) is 2.49.